The number of ether oxygens (including phenoxy) is 2. The number of halogens is 1. The van der Waals surface area contributed by atoms with Gasteiger partial charge in [0.1, 0.15) is 11.5 Å². The standard InChI is InChI=1S/C17H18ClNO3/c1-21-15-7-13(8-16(10-15)22-2)11-19-17(20)9-12-4-3-5-14(18)6-12/h3-8,10H,9,11H2,1-2H3,(H,19,20). The van der Waals surface area contributed by atoms with Gasteiger partial charge < -0.3 is 14.8 Å². The van der Waals surface area contributed by atoms with Gasteiger partial charge in [-0.05, 0) is 35.4 Å². The SMILES string of the molecule is COc1cc(CNC(=O)Cc2cccc(Cl)c2)cc(OC)c1. The van der Waals surface area contributed by atoms with Crippen LogP contribution in [0.3, 0.4) is 0 Å². The van der Waals surface area contributed by atoms with Gasteiger partial charge >= 0.3 is 0 Å². The minimum absolute atomic E-state index is 0.0657. The summed E-state index contributed by atoms with van der Waals surface area (Å²) >= 11 is 5.91. The average molecular weight is 320 g/mol. The largest absolute Gasteiger partial charge is 0.497 e. The summed E-state index contributed by atoms with van der Waals surface area (Å²) in [6.07, 6.45) is 0.293. The fraction of sp³-hybridized carbons (Fsp3) is 0.235. The summed E-state index contributed by atoms with van der Waals surface area (Å²) in [5.74, 6) is 1.32. The summed E-state index contributed by atoms with van der Waals surface area (Å²) < 4.78 is 10.4. The Kier molecular flexibility index (Phi) is 5.67. The first-order chi connectivity index (χ1) is 10.6. The number of carbonyl (C=O) groups is 1. The minimum Gasteiger partial charge on any atom is -0.497 e. The van der Waals surface area contributed by atoms with Crippen LogP contribution in [0.2, 0.25) is 5.02 Å². The molecule has 0 aliphatic carbocycles. The van der Waals surface area contributed by atoms with E-state index < -0.39 is 0 Å². The van der Waals surface area contributed by atoms with Gasteiger partial charge in [-0.2, -0.15) is 0 Å². The van der Waals surface area contributed by atoms with Crippen LogP contribution in [-0.4, -0.2) is 20.1 Å². The fourth-order valence-electron chi connectivity index (χ4n) is 2.06. The molecule has 0 fully saturated rings. The highest BCUT2D eigenvalue weighted by atomic mass is 35.5. The van der Waals surface area contributed by atoms with Gasteiger partial charge in [-0.25, -0.2) is 0 Å². The lowest BCUT2D eigenvalue weighted by molar-refractivity contribution is -0.120. The molecule has 116 valence electrons. The molecule has 0 aromatic heterocycles. The molecule has 0 radical (unpaired) electrons. The van der Waals surface area contributed by atoms with Gasteiger partial charge in [-0.15, -0.1) is 0 Å². The molecule has 0 aliphatic heterocycles. The maximum atomic E-state index is 12.0. The summed E-state index contributed by atoms with van der Waals surface area (Å²) in [5, 5.41) is 3.50. The fourth-order valence-corrected chi connectivity index (χ4v) is 2.28. The Morgan fingerprint density at radius 1 is 1.05 bits per heavy atom. The van der Waals surface area contributed by atoms with Crippen molar-refractivity contribution in [1.29, 1.82) is 0 Å². The first kappa shape index (κ1) is 16.2. The minimum atomic E-state index is -0.0657. The highest BCUT2D eigenvalue weighted by molar-refractivity contribution is 6.30. The Balaban J connectivity index is 1.96. The number of benzene rings is 2. The second kappa shape index (κ2) is 7.71. The third kappa shape index (κ3) is 4.67. The van der Waals surface area contributed by atoms with Crippen molar-refractivity contribution in [2.24, 2.45) is 0 Å². The number of carbonyl (C=O) groups excluding carboxylic acids is 1. The van der Waals surface area contributed by atoms with Crippen molar-refractivity contribution in [2.75, 3.05) is 14.2 Å². The van der Waals surface area contributed by atoms with Crippen molar-refractivity contribution < 1.29 is 14.3 Å². The van der Waals surface area contributed by atoms with E-state index in [1.807, 2.05) is 24.3 Å². The van der Waals surface area contributed by atoms with Crippen molar-refractivity contribution in [1.82, 2.24) is 5.32 Å². The van der Waals surface area contributed by atoms with E-state index in [1.54, 1.807) is 32.4 Å². The molecule has 0 spiro atoms. The van der Waals surface area contributed by atoms with E-state index in [0.29, 0.717) is 29.5 Å². The molecule has 0 heterocycles. The predicted octanol–water partition coefficient (Wildman–Crippen LogP) is 3.22. The first-order valence-electron chi connectivity index (χ1n) is 6.84. The van der Waals surface area contributed by atoms with Gasteiger partial charge in [0.05, 0.1) is 20.6 Å². The van der Waals surface area contributed by atoms with Gasteiger partial charge in [-0.1, -0.05) is 23.7 Å². The van der Waals surface area contributed by atoms with Gasteiger partial charge in [0.2, 0.25) is 5.91 Å². The van der Waals surface area contributed by atoms with Crippen LogP contribution in [-0.2, 0) is 17.8 Å². The molecule has 2 aromatic carbocycles. The number of methoxy groups -OCH3 is 2. The summed E-state index contributed by atoms with van der Waals surface area (Å²) in [5.41, 5.74) is 1.80. The van der Waals surface area contributed by atoms with Gasteiger partial charge in [0.25, 0.3) is 0 Å². The Morgan fingerprint density at radius 2 is 1.73 bits per heavy atom. The molecule has 0 saturated heterocycles. The lowest BCUT2D eigenvalue weighted by Crippen LogP contribution is -2.24. The molecule has 0 unspecified atom stereocenters. The zero-order valence-electron chi connectivity index (χ0n) is 12.6. The van der Waals surface area contributed by atoms with Crippen molar-refractivity contribution >= 4 is 17.5 Å². The molecule has 0 saturated carbocycles. The Morgan fingerprint density at radius 3 is 2.32 bits per heavy atom. The average Bonchev–Trinajstić information content (AvgIpc) is 2.52. The van der Waals surface area contributed by atoms with E-state index in [9.17, 15) is 4.79 Å². The van der Waals surface area contributed by atoms with Crippen LogP contribution >= 0.6 is 11.6 Å². The number of hydrogen-bond donors (Lipinski definition) is 1. The summed E-state index contributed by atoms with van der Waals surface area (Å²) in [6.45, 7) is 0.410. The van der Waals surface area contributed by atoms with E-state index in [0.717, 1.165) is 11.1 Å². The van der Waals surface area contributed by atoms with Crippen molar-refractivity contribution in [3.63, 3.8) is 0 Å². The maximum absolute atomic E-state index is 12.0. The van der Waals surface area contributed by atoms with E-state index in [2.05, 4.69) is 5.32 Å². The van der Waals surface area contributed by atoms with Crippen LogP contribution in [0.1, 0.15) is 11.1 Å². The lowest BCUT2D eigenvalue weighted by atomic mass is 10.1. The van der Waals surface area contributed by atoms with Crippen LogP contribution in [0.4, 0.5) is 0 Å². The maximum Gasteiger partial charge on any atom is 0.224 e. The van der Waals surface area contributed by atoms with E-state index >= 15 is 0 Å². The molecule has 0 atom stereocenters. The molecule has 1 amide bonds. The quantitative estimate of drug-likeness (QED) is 0.889. The summed E-state index contributed by atoms with van der Waals surface area (Å²) in [6, 6.07) is 12.8. The molecule has 1 N–H and O–H groups in total. The smallest absolute Gasteiger partial charge is 0.224 e. The van der Waals surface area contributed by atoms with Crippen LogP contribution in [0.5, 0.6) is 11.5 Å². The van der Waals surface area contributed by atoms with E-state index in [4.69, 9.17) is 21.1 Å². The Bertz CT molecular complexity index is 636. The molecule has 2 aromatic rings. The molecule has 2 rings (SSSR count). The topological polar surface area (TPSA) is 47.6 Å². The Hall–Kier alpha value is -2.20. The lowest BCUT2D eigenvalue weighted by Gasteiger charge is -2.10. The van der Waals surface area contributed by atoms with Gasteiger partial charge in [0, 0.05) is 17.6 Å². The van der Waals surface area contributed by atoms with Crippen molar-refractivity contribution in [3.05, 3.63) is 58.6 Å². The third-order valence-electron chi connectivity index (χ3n) is 3.15. The second-order valence-electron chi connectivity index (χ2n) is 4.80. The van der Waals surface area contributed by atoms with Gasteiger partial charge in [0.15, 0.2) is 0 Å². The highest BCUT2D eigenvalue weighted by Gasteiger charge is 2.06. The number of nitrogens with one attached hydrogen (secondary N) is 1. The zero-order valence-corrected chi connectivity index (χ0v) is 13.3. The molecule has 0 aliphatic rings. The van der Waals surface area contributed by atoms with Crippen LogP contribution in [0, 0.1) is 0 Å². The van der Waals surface area contributed by atoms with E-state index in [1.165, 1.54) is 0 Å². The third-order valence-corrected chi connectivity index (χ3v) is 3.39. The molecular formula is C17H18ClNO3. The molecule has 22 heavy (non-hydrogen) atoms. The van der Waals surface area contributed by atoms with E-state index in [-0.39, 0.29) is 5.91 Å². The molecule has 0 bridgehead atoms. The van der Waals surface area contributed by atoms with Gasteiger partial charge in [-0.3, -0.25) is 4.79 Å². The first-order valence-corrected chi connectivity index (χ1v) is 7.21. The normalized spacial score (nSPS) is 10.1. The molecule has 5 heteroatoms. The van der Waals surface area contributed by atoms with Crippen molar-refractivity contribution in [3.8, 4) is 11.5 Å². The number of rotatable bonds is 6. The number of hydrogen-bond acceptors (Lipinski definition) is 3. The monoisotopic (exact) mass is 319 g/mol. The zero-order chi connectivity index (χ0) is 15.9. The van der Waals surface area contributed by atoms with Crippen molar-refractivity contribution in [2.45, 2.75) is 13.0 Å². The predicted molar refractivity (Wildman–Crippen MR) is 86.5 cm³/mol. The van der Waals surface area contributed by atoms with Crippen LogP contribution in [0.15, 0.2) is 42.5 Å². The highest BCUT2D eigenvalue weighted by Crippen LogP contribution is 2.22. The molecular weight excluding hydrogens is 302 g/mol. The summed E-state index contributed by atoms with van der Waals surface area (Å²) in [7, 11) is 3.19. The second-order valence-corrected chi connectivity index (χ2v) is 5.24. The van der Waals surface area contributed by atoms with Crippen LogP contribution in [0.25, 0.3) is 0 Å². The van der Waals surface area contributed by atoms with Crippen LogP contribution < -0.4 is 14.8 Å². The Labute approximate surface area is 135 Å². The summed E-state index contributed by atoms with van der Waals surface area (Å²) in [4.78, 5) is 12.0. The molecule has 4 nitrogen and oxygen atoms in total. The number of amides is 1.